The van der Waals surface area contributed by atoms with E-state index in [0.717, 1.165) is 42.3 Å². The molecule has 2 rings (SSSR count). The number of allylic oxidation sites excluding steroid dienone is 4. The lowest BCUT2D eigenvalue weighted by Crippen LogP contribution is -2.31. The van der Waals surface area contributed by atoms with Crippen LogP contribution in [0.15, 0.2) is 34.9 Å². The van der Waals surface area contributed by atoms with Gasteiger partial charge in [0.05, 0.1) is 0 Å². The van der Waals surface area contributed by atoms with Gasteiger partial charge in [0.25, 0.3) is 0 Å². The van der Waals surface area contributed by atoms with Gasteiger partial charge in [0.1, 0.15) is 12.9 Å². The molecule has 0 aromatic carbocycles. The molecule has 1 aliphatic carbocycles. The molecule has 2 aliphatic rings. The minimum absolute atomic E-state index is 0.0593. The number of esters is 1. The van der Waals surface area contributed by atoms with Gasteiger partial charge in [-0.05, 0) is 61.2 Å². The largest absolute Gasteiger partial charge is 0.458 e. The van der Waals surface area contributed by atoms with Crippen molar-refractivity contribution in [1.29, 1.82) is 0 Å². The Kier molecular flexibility index (Phi) is 5.92. The standard InChI is InChI=1S/C20H26O4/c1-14-9-17(22)11-20(2,3)18(14)8-7-15(12-21)5-4-6-16-10-19(23)24-13-16/h5,9-10,12,18H,4,6-8,11,13H2,1-3H3. The predicted octanol–water partition coefficient (Wildman–Crippen LogP) is 3.72. The second-order valence-electron chi connectivity index (χ2n) is 7.46. The quantitative estimate of drug-likeness (QED) is 0.405. The van der Waals surface area contributed by atoms with Crippen LogP contribution in [0.4, 0.5) is 0 Å². The molecule has 0 aromatic rings. The first kappa shape index (κ1) is 18.4. The second kappa shape index (κ2) is 7.73. The molecular weight excluding hydrogens is 304 g/mol. The number of aldehydes is 1. The number of hydrogen-bond acceptors (Lipinski definition) is 4. The Morgan fingerprint density at radius 2 is 2.08 bits per heavy atom. The molecule has 1 unspecified atom stereocenters. The van der Waals surface area contributed by atoms with Gasteiger partial charge in [0.2, 0.25) is 0 Å². The zero-order valence-corrected chi connectivity index (χ0v) is 14.8. The topological polar surface area (TPSA) is 60.4 Å². The van der Waals surface area contributed by atoms with Gasteiger partial charge in [-0.1, -0.05) is 25.5 Å². The minimum Gasteiger partial charge on any atom is -0.458 e. The maximum atomic E-state index is 11.7. The minimum atomic E-state index is -0.277. The zero-order chi connectivity index (χ0) is 17.7. The molecule has 1 atom stereocenters. The fourth-order valence-corrected chi connectivity index (χ4v) is 3.73. The van der Waals surface area contributed by atoms with E-state index < -0.39 is 0 Å². The predicted molar refractivity (Wildman–Crippen MR) is 92.3 cm³/mol. The molecule has 0 saturated carbocycles. The van der Waals surface area contributed by atoms with E-state index in [1.165, 1.54) is 6.08 Å². The number of ether oxygens (including phenoxy) is 1. The van der Waals surface area contributed by atoms with Crippen LogP contribution in [-0.2, 0) is 19.1 Å². The molecule has 130 valence electrons. The van der Waals surface area contributed by atoms with Crippen molar-refractivity contribution < 1.29 is 19.1 Å². The fraction of sp³-hybridized carbons (Fsp3) is 0.550. The van der Waals surface area contributed by atoms with Gasteiger partial charge < -0.3 is 4.74 Å². The van der Waals surface area contributed by atoms with E-state index >= 15 is 0 Å². The van der Waals surface area contributed by atoms with Crippen LogP contribution in [0.3, 0.4) is 0 Å². The normalized spacial score (nSPS) is 23.6. The molecular formula is C20H26O4. The van der Waals surface area contributed by atoms with E-state index in [4.69, 9.17) is 4.74 Å². The summed E-state index contributed by atoms with van der Waals surface area (Å²) in [5, 5.41) is 0. The summed E-state index contributed by atoms with van der Waals surface area (Å²) in [7, 11) is 0. The van der Waals surface area contributed by atoms with E-state index in [9.17, 15) is 14.4 Å². The number of ketones is 1. The van der Waals surface area contributed by atoms with Gasteiger partial charge in [0.15, 0.2) is 5.78 Å². The molecule has 0 spiro atoms. The third-order valence-electron chi connectivity index (χ3n) is 4.98. The first-order valence-electron chi connectivity index (χ1n) is 8.53. The van der Waals surface area contributed by atoms with Crippen LogP contribution >= 0.6 is 0 Å². The second-order valence-corrected chi connectivity index (χ2v) is 7.46. The summed E-state index contributed by atoms with van der Waals surface area (Å²) in [6.07, 6.45) is 9.79. The summed E-state index contributed by atoms with van der Waals surface area (Å²) in [5.41, 5.74) is 2.83. The Hall–Kier alpha value is -1.97. The first-order valence-corrected chi connectivity index (χ1v) is 8.53. The van der Waals surface area contributed by atoms with E-state index in [1.54, 1.807) is 6.08 Å². The summed E-state index contributed by atoms with van der Waals surface area (Å²) in [4.78, 5) is 34.1. The average Bonchev–Trinajstić information content (AvgIpc) is 2.89. The molecule has 0 aromatic heterocycles. The monoisotopic (exact) mass is 330 g/mol. The van der Waals surface area contributed by atoms with Gasteiger partial charge in [0, 0.05) is 12.5 Å². The number of carbonyl (C=O) groups is 3. The maximum absolute atomic E-state index is 11.7. The lowest BCUT2D eigenvalue weighted by Gasteiger charge is -2.37. The van der Waals surface area contributed by atoms with Gasteiger partial charge >= 0.3 is 5.97 Å². The highest BCUT2D eigenvalue weighted by atomic mass is 16.5. The Labute approximate surface area is 143 Å². The van der Waals surface area contributed by atoms with Crippen LogP contribution in [0.1, 0.15) is 52.9 Å². The highest BCUT2D eigenvalue weighted by molar-refractivity contribution is 5.92. The highest BCUT2D eigenvalue weighted by Crippen LogP contribution is 2.42. The summed E-state index contributed by atoms with van der Waals surface area (Å²) >= 11 is 0. The van der Waals surface area contributed by atoms with Crippen molar-refractivity contribution in [2.75, 3.05) is 6.61 Å². The van der Waals surface area contributed by atoms with Crippen LogP contribution < -0.4 is 0 Å². The van der Waals surface area contributed by atoms with Crippen molar-refractivity contribution in [3.63, 3.8) is 0 Å². The molecule has 0 fully saturated rings. The molecule has 4 nitrogen and oxygen atoms in total. The van der Waals surface area contributed by atoms with E-state index in [2.05, 4.69) is 13.8 Å². The van der Waals surface area contributed by atoms with Crippen LogP contribution in [-0.4, -0.2) is 24.6 Å². The maximum Gasteiger partial charge on any atom is 0.331 e. The smallest absolute Gasteiger partial charge is 0.331 e. The summed E-state index contributed by atoms with van der Waals surface area (Å²) in [5.74, 6) is 0.240. The Morgan fingerprint density at radius 1 is 1.33 bits per heavy atom. The van der Waals surface area contributed by atoms with Crippen molar-refractivity contribution in [2.45, 2.75) is 52.9 Å². The first-order chi connectivity index (χ1) is 11.3. The van der Waals surface area contributed by atoms with Gasteiger partial charge in [-0.15, -0.1) is 0 Å². The fourth-order valence-electron chi connectivity index (χ4n) is 3.73. The highest BCUT2D eigenvalue weighted by Gasteiger charge is 2.35. The Morgan fingerprint density at radius 3 is 2.67 bits per heavy atom. The van der Waals surface area contributed by atoms with Gasteiger partial charge in [-0.2, -0.15) is 0 Å². The molecule has 1 heterocycles. The zero-order valence-electron chi connectivity index (χ0n) is 14.8. The molecule has 0 saturated heterocycles. The van der Waals surface area contributed by atoms with E-state index in [1.807, 2.05) is 13.0 Å². The van der Waals surface area contributed by atoms with Crippen LogP contribution in [0.25, 0.3) is 0 Å². The van der Waals surface area contributed by atoms with Crippen molar-refractivity contribution >= 4 is 18.0 Å². The average molecular weight is 330 g/mol. The molecule has 0 amide bonds. The number of carbonyl (C=O) groups excluding carboxylic acids is 3. The molecule has 0 bridgehead atoms. The third kappa shape index (κ3) is 4.76. The number of cyclic esters (lactones) is 1. The van der Waals surface area contributed by atoms with Gasteiger partial charge in [-0.3, -0.25) is 9.59 Å². The van der Waals surface area contributed by atoms with Crippen molar-refractivity contribution in [3.05, 3.63) is 34.9 Å². The van der Waals surface area contributed by atoms with E-state index in [-0.39, 0.29) is 17.2 Å². The molecule has 0 radical (unpaired) electrons. The summed E-state index contributed by atoms with van der Waals surface area (Å²) in [6, 6.07) is 0. The van der Waals surface area contributed by atoms with E-state index in [0.29, 0.717) is 25.4 Å². The van der Waals surface area contributed by atoms with Crippen molar-refractivity contribution in [3.8, 4) is 0 Å². The van der Waals surface area contributed by atoms with Gasteiger partial charge in [-0.25, -0.2) is 4.79 Å². The van der Waals surface area contributed by atoms with Crippen LogP contribution in [0.5, 0.6) is 0 Å². The SMILES string of the molecule is CC1=CC(=O)CC(C)(C)C1CCC(C=O)=CCCC1=CC(=O)OC1. The van der Waals surface area contributed by atoms with Crippen molar-refractivity contribution in [2.24, 2.45) is 11.3 Å². The third-order valence-corrected chi connectivity index (χ3v) is 4.98. The summed E-state index contributed by atoms with van der Waals surface area (Å²) < 4.78 is 4.86. The van der Waals surface area contributed by atoms with Crippen LogP contribution in [0.2, 0.25) is 0 Å². The Balaban J connectivity index is 1.90. The van der Waals surface area contributed by atoms with Crippen LogP contribution in [0, 0.1) is 11.3 Å². The lowest BCUT2D eigenvalue weighted by atomic mass is 9.66. The van der Waals surface area contributed by atoms with Crippen molar-refractivity contribution in [1.82, 2.24) is 0 Å². The molecule has 0 N–H and O–H groups in total. The molecule has 24 heavy (non-hydrogen) atoms. The number of hydrogen-bond donors (Lipinski definition) is 0. The molecule has 1 aliphatic heterocycles. The summed E-state index contributed by atoms with van der Waals surface area (Å²) in [6.45, 7) is 6.63. The number of rotatable bonds is 7. The lowest BCUT2D eigenvalue weighted by molar-refractivity contribution is -0.135. The molecule has 4 heteroatoms. The Bertz CT molecular complexity index is 620.